The number of esters is 1. The van der Waals surface area contributed by atoms with E-state index in [2.05, 4.69) is 25.7 Å². The van der Waals surface area contributed by atoms with Gasteiger partial charge in [-0.05, 0) is 15.9 Å². The van der Waals surface area contributed by atoms with Crippen LogP contribution in [-0.2, 0) is 4.74 Å². The van der Waals surface area contributed by atoms with Crippen molar-refractivity contribution in [1.82, 2.24) is 4.98 Å². The zero-order valence-corrected chi connectivity index (χ0v) is 9.54. The van der Waals surface area contributed by atoms with Crippen LogP contribution in [0.25, 0.3) is 0 Å². The number of pyridine rings is 1. The number of ether oxygens (including phenoxy) is 3. The highest BCUT2D eigenvalue weighted by molar-refractivity contribution is 9.10. The topological polar surface area (TPSA) is 57.7 Å². The zero-order chi connectivity index (χ0) is 10.8. The minimum Gasteiger partial charge on any atom is -0.484 e. The van der Waals surface area contributed by atoms with E-state index in [0.717, 1.165) is 0 Å². The Kier molecular flexibility index (Phi) is 2.77. The van der Waals surface area contributed by atoms with Crippen LogP contribution in [0.4, 0.5) is 0 Å². The molecule has 0 radical (unpaired) electrons. The molecule has 15 heavy (non-hydrogen) atoms. The molecule has 1 aliphatic heterocycles. The number of methoxy groups -OCH3 is 1. The van der Waals surface area contributed by atoms with Gasteiger partial charge in [0.2, 0.25) is 0 Å². The van der Waals surface area contributed by atoms with Crippen LogP contribution in [-0.4, -0.2) is 31.3 Å². The Hall–Kier alpha value is -1.30. The Balaban J connectivity index is 2.55. The number of aromatic nitrogens is 1. The fourth-order valence-corrected chi connectivity index (χ4v) is 1.71. The van der Waals surface area contributed by atoms with Crippen molar-refractivity contribution in [3.8, 4) is 11.6 Å². The van der Waals surface area contributed by atoms with Crippen molar-refractivity contribution in [1.29, 1.82) is 0 Å². The molecule has 0 bridgehead atoms. The summed E-state index contributed by atoms with van der Waals surface area (Å²) in [6.45, 7) is 0.831. The number of halogens is 1. The highest BCUT2D eigenvalue weighted by atomic mass is 79.9. The maximum atomic E-state index is 11.5. The second kappa shape index (κ2) is 4.06. The summed E-state index contributed by atoms with van der Waals surface area (Å²) in [7, 11) is 1.31. The molecule has 0 saturated carbocycles. The third-order valence-corrected chi connectivity index (χ3v) is 2.51. The van der Waals surface area contributed by atoms with Crippen molar-refractivity contribution in [3.63, 3.8) is 0 Å². The number of carbonyl (C=O) groups excluding carboxylic acids is 1. The molecule has 0 atom stereocenters. The molecule has 0 N–H and O–H groups in total. The first kappa shape index (κ1) is 10.2. The van der Waals surface area contributed by atoms with Crippen molar-refractivity contribution in [2.45, 2.75) is 0 Å². The van der Waals surface area contributed by atoms with Gasteiger partial charge in [-0.25, -0.2) is 9.78 Å². The molecule has 0 fully saturated rings. The van der Waals surface area contributed by atoms with E-state index in [-0.39, 0.29) is 0 Å². The molecule has 1 aromatic rings. The minimum absolute atomic E-state index is 0.308. The Morgan fingerprint density at radius 1 is 1.53 bits per heavy atom. The lowest BCUT2D eigenvalue weighted by atomic mass is 10.2. The van der Waals surface area contributed by atoms with Gasteiger partial charge < -0.3 is 14.2 Å². The second-order valence-corrected chi connectivity index (χ2v) is 3.66. The standard InChI is InChI=1S/C9H8BrNO4/c1-13-9(12)6-5(10)4-11-8-7(6)14-2-3-15-8/h4H,2-3H2,1H3. The Bertz CT molecular complexity index is 407. The number of fused-ring (bicyclic) bond motifs is 1. The molecular weight excluding hydrogens is 266 g/mol. The SMILES string of the molecule is COC(=O)c1c(Br)cnc2c1OCCO2. The molecule has 6 heteroatoms. The van der Waals surface area contributed by atoms with E-state index in [1.807, 2.05) is 0 Å². The Morgan fingerprint density at radius 3 is 3.00 bits per heavy atom. The highest BCUT2D eigenvalue weighted by Gasteiger charge is 2.25. The summed E-state index contributed by atoms with van der Waals surface area (Å²) < 4.78 is 15.8. The van der Waals surface area contributed by atoms with Gasteiger partial charge in [0.1, 0.15) is 18.8 Å². The molecule has 0 aliphatic carbocycles. The van der Waals surface area contributed by atoms with Crippen LogP contribution < -0.4 is 9.47 Å². The van der Waals surface area contributed by atoms with E-state index in [4.69, 9.17) is 9.47 Å². The van der Waals surface area contributed by atoms with Gasteiger partial charge in [0, 0.05) is 6.20 Å². The van der Waals surface area contributed by atoms with Gasteiger partial charge in [-0.3, -0.25) is 0 Å². The molecular formula is C9H8BrNO4. The second-order valence-electron chi connectivity index (χ2n) is 2.80. The maximum Gasteiger partial charge on any atom is 0.343 e. The summed E-state index contributed by atoms with van der Waals surface area (Å²) >= 11 is 3.22. The zero-order valence-electron chi connectivity index (χ0n) is 7.95. The largest absolute Gasteiger partial charge is 0.484 e. The molecule has 2 rings (SSSR count). The number of nitrogens with zero attached hydrogens (tertiary/aromatic N) is 1. The van der Waals surface area contributed by atoms with Gasteiger partial charge in [-0.15, -0.1) is 0 Å². The monoisotopic (exact) mass is 273 g/mol. The summed E-state index contributed by atoms with van der Waals surface area (Å²) in [4.78, 5) is 15.5. The first-order valence-electron chi connectivity index (χ1n) is 4.26. The summed E-state index contributed by atoms with van der Waals surface area (Å²) in [5.41, 5.74) is 0.308. The average Bonchev–Trinajstić information content (AvgIpc) is 2.28. The normalized spacial score (nSPS) is 13.5. The average molecular weight is 274 g/mol. The van der Waals surface area contributed by atoms with Crippen molar-refractivity contribution in [3.05, 3.63) is 16.2 Å². The van der Waals surface area contributed by atoms with Crippen molar-refractivity contribution >= 4 is 21.9 Å². The molecule has 0 unspecified atom stereocenters. The van der Waals surface area contributed by atoms with Gasteiger partial charge >= 0.3 is 5.97 Å². The van der Waals surface area contributed by atoms with Crippen LogP contribution in [0.1, 0.15) is 10.4 Å². The van der Waals surface area contributed by atoms with Gasteiger partial charge in [0.05, 0.1) is 11.6 Å². The molecule has 5 nitrogen and oxygen atoms in total. The van der Waals surface area contributed by atoms with E-state index < -0.39 is 5.97 Å². The predicted octanol–water partition coefficient (Wildman–Crippen LogP) is 1.40. The molecule has 0 saturated heterocycles. The van der Waals surface area contributed by atoms with Crippen molar-refractivity contribution in [2.75, 3.05) is 20.3 Å². The Morgan fingerprint density at radius 2 is 2.27 bits per heavy atom. The summed E-state index contributed by atoms with van der Waals surface area (Å²) in [5, 5.41) is 0. The van der Waals surface area contributed by atoms with Crippen LogP contribution in [0.5, 0.6) is 11.6 Å². The van der Waals surface area contributed by atoms with E-state index in [1.165, 1.54) is 13.3 Å². The molecule has 1 aromatic heterocycles. The highest BCUT2D eigenvalue weighted by Crippen LogP contribution is 2.36. The summed E-state index contributed by atoms with van der Waals surface area (Å²) in [6.07, 6.45) is 1.49. The van der Waals surface area contributed by atoms with Gasteiger partial charge in [0.15, 0.2) is 5.75 Å². The van der Waals surface area contributed by atoms with Crippen LogP contribution in [0.15, 0.2) is 10.7 Å². The molecule has 0 amide bonds. The third kappa shape index (κ3) is 1.77. The molecule has 1 aliphatic rings. The molecule has 0 aromatic carbocycles. The summed E-state index contributed by atoms with van der Waals surface area (Å²) in [6, 6.07) is 0. The van der Waals surface area contributed by atoms with E-state index in [0.29, 0.717) is 34.9 Å². The van der Waals surface area contributed by atoms with E-state index in [9.17, 15) is 4.79 Å². The fraction of sp³-hybridized carbons (Fsp3) is 0.333. The lowest BCUT2D eigenvalue weighted by Gasteiger charge is -2.19. The van der Waals surface area contributed by atoms with Crippen molar-refractivity contribution in [2.24, 2.45) is 0 Å². The number of hydrogen-bond donors (Lipinski definition) is 0. The molecule has 0 spiro atoms. The number of hydrogen-bond acceptors (Lipinski definition) is 5. The number of carbonyl (C=O) groups is 1. The molecule has 80 valence electrons. The lowest BCUT2D eigenvalue weighted by Crippen LogP contribution is -2.19. The Labute approximate surface area is 94.5 Å². The van der Waals surface area contributed by atoms with E-state index >= 15 is 0 Å². The maximum absolute atomic E-state index is 11.5. The van der Waals surface area contributed by atoms with Gasteiger partial charge in [0.25, 0.3) is 5.88 Å². The first-order chi connectivity index (χ1) is 7.24. The smallest absolute Gasteiger partial charge is 0.343 e. The van der Waals surface area contributed by atoms with Gasteiger partial charge in [-0.1, -0.05) is 0 Å². The minimum atomic E-state index is -0.481. The van der Waals surface area contributed by atoms with Crippen LogP contribution >= 0.6 is 15.9 Å². The number of rotatable bonds is 1. The van der Waals surface area contributed by atoms with Gasteiger partial charge in [-0.2, -0.15) is 0 Å². The first-order valence-corrected chi connectivity index (χ1v) is 5.05. The van der Waals surface area contributed by atoms with Crippen molar-refractivity contribution < 1.29 is 19.0 Å². The summed E-state index contributed by atoms with van der Waals surface area (Å²) in [5.74, 6) is 0.179. The quantitative estimate of drug-likeness (QED) is 0.724. The predicted molar refractivity (Wildman–Crippen MR) is 54.3 cm³/mol. The molecule has 2 heterocycles. The fourth-order valence-electron chi connectivity index (χ4n) is 1.26. The van der Waals surface area contributed by atoms with Crippen LogP contribution in [0.2, 0.25) is 0 Å². The third-order valence-electron chi connectivity index (χ3n) is 1.91. The van der Waals surface area contributed by atoms with Crippen LogP contribution in [0, 0.1) is 0 Å². The van der Waals surface area contributed by atoms with Crippen LogP contribution in [0.3, 0.4) is 0 Å². The lowest BCUT2D eigenvalue weighted by molar-refractivity contribution is 0.0588. The van der Waals surface area contributed by atoms with E-state index in [1.54, 1.807) is 0 Å².